The van der Waals surface area contributed by atoms with Gasteiger partial charge in [-0.1, -0.05) is 24.3 Å². The van der Waals surface area contributed by atoms with Crippen molar-refractivity contribution in [1.29, 1.82) is 0 Å². The average molecular weight is 298 g/mol. The molecule has 1 aromatic heterocycles. The third kappa shape index (κ3) is 2.33. The van der Waals surface area contributed by atoms with E-state index in [1.54, 1.807) is 12.1 Å². The SMILES string of the molecule is C=CCc1oc2cccc(F)c2c(=O)c1-c1cccc(F)c1. The molecule has 2 nitrogen and oxygen atoms in total. The molecular formula is C18H12F2O2. The van der Waals surface area contributed by atoms with Gasteiger partial charge < -0.3 is 4.42 Å². The van der Waals surface area contributed by atoms with Gasteiger partial charge in [-0.05, 0) is 29.8 Å². The van der Waals surface area contributed by atoms with E-state index in [2.05, 4.69) is 6.58 Å². The van der Waals surface area contributed by atoms with Crippen molar-refractivity contribution in [3.05, 3.63) is 82.7 Å². The van der Waals surface area contributed by atoms with Crippen molar-refractivity contribution in [2.45, 2.75) is 6.42 Å². The van der Waals surface area contributed by atoms with Gasteiger partial charge in [-0.2, -0.15) is 0 Å². The molecule has 4 heteroatoms. The van der Waals surface area contributed by atoms with Crippen LogP contribution in [0.15, 0.2) is 64.3 Å². The van der Waals surface area contributed by atoms with Crippen LogP contribution in [0.4, 0.5) is 8.78 Å². The van der Waals surface area contributed by atoms with E-state index in [1.165, 1.54) is 36.4 Å². The minimum Gasteiger partial charge on any atom is -0.460 e. The third-order valence-corrected chi connectivity index (χ3v) is 3.38. The second-order valence-electron chi connectivity index (χ2n) is 4.85. The maximum Gasteiger partial charge on any atom is 0.203 e. The van der Waals surface area contributed by atoms with Crippen molar-refractivity contribution >= 4 is 11.0 Å². The summed E-state index contributed by atoms with van der Waals surface area (Å²) < 4.78 is 33.1. The van der Waals surface area contributed by atoms with Crippen LogP contribution in [-0.2, 0) is 6.42 Å². The van der Waals surface area contributed by atoms with Gasteiger partial charge in [-0.15, -0.1) is 6.58 Å². The Balaban J connectivity index is 2.43. The molecule has 0 saturated carbocycles. The Morgan fingerprint density at radius 2 is 1.91 bits per heavy atom. The highest BCUT2D eigenvalue weighted by molar-refractivity contribution is 5.83. The molecule has 3 rings (SSSR count). The zero-order valence-corrected chi connectivity index (χ0v) is 11.6. The maximum absolute atomic E-state index is 14.0. The molecule has 2 aromatic carbocycles. The first-order valence-electron chi connectivity index (χ1n) is 6.73. The van der Waals surface area contributed by atoms with E-state index in [1.807, 2.05) is 0 Å². The van der Waals surface area contributed by atoms with Crippen molar-refractivity contribution < 1.29 is 13.2 Å². The van der Waals surface area contributed by atoms with E-state index >= 15 is 0 Å². The fourth-order valence-corrected chi connectivity index (χ4v) is 2.46. The number of hydrogen-bond acceptors (Lipinski definition) is 2. The van der Waals surface area contributed by atoms with Crippen molar-refractivity contribution in [2.24, 2.45) is 0 Å². The number of hydrogen-bond donors (Lipinski definition) is 0. The molecule has 110 valence electrons. The predicted octanol–water partition coefficient (Wildman–Crippen LogP) is 4.47. The van der Waals surface area contributed by atoms with Crippen LogP contribution in [0.5, 0.6) is 0 Å². The van der Waals surface area contributed by atoms with Gasteiger partial charge in [0.2, 0.25) is 5.43 Å². The van der Waals surface area contributed by atoms with Gasteiger partial charge in [0.1, 0.15) is 28.4 Å². The predicted molar refractivity (Wildman–Crippen MR) is 81.7 cm³/mol. The van der Waals surface area contributed by atoms with E-state index < -0.39 is 17.1 Å². The summed E-state index contributed by atoms with van der Waals surface area (Å²) in [5.74, 6) is -0.798. The Labute approximate surface area is 125 Å². The molecule has 0 fully saturated rings. The minimum atomic E-state index is -0.658. The molecule has 0 radical (unpaired) electrons. The summed E-state index contributed by atoms with van der Waals surface area (Å²) in [5, 5.41) is -0.130. The third-order valence-electron chi connectivity index (χ3n) is 3.38. The van der Waals surface area contributed by atoms with Crippen LogP contribution in [0, 0.1) is 11.6 Å². The number of halogens is 2. The van der Waals surface area contributed by atoms with Gasteiger partial charge in [-0.25, -0.2) is 8.78 Å². The van der Waals surface area contributed by atoms with E-state index in [9.17, 15) is 13.6 Å². The van der Waals surface area contributed by atoms with Crippen LogP contribution >= 0.6 is 0 Å². The highest BCUT2D eigenvalue weighted by Crippen LogP contribution is 2.26. The smallest absolute Gasteiger partial charge is 0.203 e. The Morgan fingerprint density at radius 3 is 2.64 bits per heavy atom. The molecule has 0 N–H and O–H groups in total. The highest BCUT2D eigenvalue weighted by atomic mass is 19.1. The molecule has 0 spiro atoms. The molecule has 1 heterocycles. The normalized spacial score (nSPS) is 10.8. The van der Waals surface area contributed by atoms with Crippen LogP contribution in [0.1, 0.15) is 5.76 Å². The minimum absolute atomic E-state index is 0.130. The van der Waals surface area contributed by atoms with Crippen molar-refractivity contribution in [3.8, 4) is 11.1 Å². The lowest BCUT2D eigenvalue weighted by Gasteiger charge is -2.09. The van der Waals surface area contributed by atoms with Gasteiger partial charge in [0.15, 0.2) is 0 Å². The van der Waals surface area contributed by atoms with Gasteiger partial charge in [0, 0.05) is 6.42 Å². The Kier molecular flexibility index (Phi) is 3.59. The van der Waals surface area contributed by atoms with Crippen molar-refractivity contribution in [3.63, 3.8) is 0 Å². The summed E-state index contributed by atoms with van der Waals surface area (Å²) in [4.78, 5) is 12.7. The lowest BCUT2D eigenvalue weighted by atomic mass is 10.0. The first-order valence-corrected chi connectivity index (χ1v) is 6.73. The molecule has 0 aliphatic heterocycles. The van der Waals surface area contributed by atoms with Gasteiger partial charge in [-0.3, -0.25) is 4.79 Å². The summed E-state index contributed by atoms with van der Waals surface area (Å²) in [6.45, 7) is 3.63. The molecule has 0 aliphatic carbocycles. The van der Waals surface area contributed by atoms with Crippen LogP contribution in [-0.4, -0.2) is 0 Å². The maximum atomic E-state index is 14.0. The summed E-state index contributed by atoms with van der Waals surface area (Å²) in [7, 11) is 0. The Morgan fingerprint density at radius 1 is 1.14 bits per heavy atom. The fraction of sp³-hybridized carbons (Fsp3) is 0.0556. The van der Waals surface area contributed by atoms with Gasteiger partial charge in [0.05, 0.1) is 5.56 Å². The first-order chi connectivity index (χ1) is 10.6. The second kappa shape index (κ2) is 5.56. The van der Waals surface area contributed by atoms with Gasteiger partial charge in [0.25, 0.3) is 0 Å². The standard InChI is InChI=1S/C18H12F2O2/c1-2-5-14-16(11-6-3-7-12(19)10-11)18(21)17-13(20)8-4-9-15(17)22-14/h2-4,6-10H,1,5H2. The largest absolute Gasteiger partial charge is 0.460 e. The molecule has 0 saturated heterocycles. The van der Waals surface area contributed by atoms with E-state index in [0.29, 0.717) is 11.3 Å². The van der Waals surface area contributed by atoms with Crippen molar-refractivity contribution in [1.82, 2.24) is 0 Å². The lowest BCUT2D eigenvalue weighted by Crippen LogP contribution is -2.10. The summed E-state index contributed by atoms with van der Waals surface area (Å²) >= 11 is 0. The molecule has 0 bridgehead atoms. The molecule has 0 unspecified atom stereocenters. The van der Waals surface area contributed by atoms with Crippen LogP contribution in [0.2, 0.25) is 0 Å². The topological polar surface area (TPSA) is 30.2 Å². The quantitative estimate of drug-likeness (QED) is 0.668. The fourth-order valence-electron chi connectivity index (χ4n) is 2.46. The number of fused-ring (bicyclic) bond motifs is 1. The Hall–Kier alpha value is -2.75. The monoisotopic (exact) mass is 298 g/mol. The number of rotatable bonds is 3. The molecule has 0 amide bonds. The molecular weight excluding hydrogens is 286 g/mol. The second-order valence-corrected chi connectivity index (χ2v) is 4.85. The first kappa shape index (κ1) is 14.2. The highest BCUT2D eigenvalue weighted by Gasteiger charge is 2.18. The van der Waals surface area contributed by atoms with Crippen LogP contribution in [0.3, 0.4) is 0 Å². The van der Waals surface area contributed by atoms with E-state index in [0.717, 1.165) is 0 Å². The number of benzene rings is 2. The van der Waals surface area contributed by atoms with Gasteiger partial charge >= 0.3 is 0 Å². The summed E-state index contributed by atoms with van der Waals surface area (Å²) in [6, 6.07) is 9.79. The van der Waals surface area contributed by atoms with Crippen LogP contribution in [0.25, 0.3) is 22.1 Å². The summed E-state index contributed by atoms with van der Waals surface area (Å²) in [5.41, 5.74) is 0.177. The van der Waals surface area contributed by atoms with E-state index in [-0.39, 0.29) is 23.0 Å². The summed E-state index contributed by atoms with van der Waals surface area (Å²) in [6.07, 6.45) is 1.86. The average Bonchev–Trinajstić information content (AvgIpc) is 2.47. The molecule has 0 atom stereocenters. The Bertz CT molecular complexity index is 926. The van der Waals surface area contributed by atoms with E-state index in [4.69, 9.17) is 4.42 Å². The van der Waals surface area contributed by atoms with Crippen molar-refractivity contribution in [2.75, 3.05) is 0 Å². The zero-order valence-electron chi connectivity index (χ0n) is 11.6. The number of allylic oxidation sites excluding steroid dienone is 1. The zero-order chi connectivity index (χ0) is 15.7. The lowest BCUT2D eigenvalue weighted by molar-refractivity contribution is 0.549. The molecule has 3 aromatic rings. The molecule has 0 aliphatic rings. The van der Waals surface area contributed by atoms with Crippen LogP contribution < -0.4 is 5.43 Å². The molecule has 22 heavy (non-hydrogen) atoms.